The molecule has 164 valence electrons. The van der Waals surface area contributed by atoms with E-state index in [0.717, 1.165) is 11.3 Å². The summed E-state index contributed by atoms with van der Waals surface area (Å²) in [6.07, 6.45) is -2.97. The van der Waals surface area contributed by atoms with Gasteiger partial charge < -0.3 is 24.8 Å². The quantitative estimate of drug-likeness (QED) is 0.466. The predicted octanol–water partition coefficient (Wildman–Crippen LogP) is 4.01. The second-order valence-electron chi connectivity index (χ2n) is 6.03. The zero-order valence-electron chi connectivity index (χ0n) is 17.0. The van der Waals surface area contributed by atoms with Gasteiger partial charge in [-0.3, -0.25) is 0 Å². The molecule has 2 aromatic rings. The number of aromatic nitrogens is 1. The summed E-state index contributed by atoms with van der Waals surface area (Å²) < 4.78 is 52.0. The first-order valence-corrected chi connectivity index (χ1v) is 9.35. The van der Waals surface area contributed by atoms with E-state index in [-0.39, 0.29) is 12.4 Å². The second kappa shape index (κ2) is 11.1. The maximum atomic E-state index is 12.2. The number of nitrogens with zero attached hydrogens (tertiary/aromatic N) is 2. The third-order valence-electron chi connectivity index (χ3n) is 3.67. The number of methoxy groups -OCH3 is 1. The first-order valence-electron chi connectivity index (χ1n) is 9.35. The Bertz CT molecular complexity index is 827. The molecular weight excluding hydrogens is 401 g/mol. The Morgan fingerprint density at radius 1 is 1.10 bits per heavy atom. The summed E-state index contributed by atoms with van der Waals surface area (Å²) in [7, 11) is 1.57. The minimum atomic E-state index is -4.40. The normalized spacial score (nSPS) is 11.7. The number of benzene rings is 1. The van der Waals surface area contributed by atoms with Crippen molar-refractivity contribution in [1.82, 2.24) is 10.3 Å². The van der Waals surface area contributed by atoms with Gasteiger partial charge in [-0.25, -0.2) is 9.98 Å². The highest BCUT2D eigenvalue weighted by molar-refractivity contribution is 5.93. The smallest absolute Gasteiger partial charge is 0.422 e. The molecule has 1 heterocycles. The van der Waals surface area contributed by atoms with Gasteiger partial charge in [-0.15, -0.1) is 0 Å². The molecule has 0 aliphatic rings. The van der Waals surface area contributed by atoms with Gasteiger partial charge in [-0.1, -0.05) is 6.07 Å². The van der Waals surface area contributed by atoms with Gasteiger partial charge in [0, 0.05) is 30.6 Å². The second-order valence-corrected chi connectivity index (χ2v) is 6.03. The van der Waals surface area contributed by atoms with E-state index < -0.39 is 12.8 Å². The monoisotopic (exact) mass is 426 g/mol. The molecule has 0 radical (unpaired) electrons. The Balaban J connectivity index is 2.04. The molecule has 30 heavy (non-hydrogen) atoms. The number of aliphatic imine (C=N–C) groups is 1. The van der Waals surface area contributed by atoms with Crippen LogP contribution in [0.15, 0.2) is 41.5 Å². The van der Waals surface area contributed by atoms with Crippen molar-refractivity contribution >= 4 is 11.6 Å². The lowest BCUT2D eigenvalue weighted by Crippen LogP contribution is -2.30. The molecule has 2 rings (SSSR count). The Hall–Kier alpha value is -3.17. The minimum absolute atomic E-state index is 0.0910. The summed E-state index contributed by atoms with van der Waals surface area (Å²) in [5, 5.41) is 6.31. The molecule has 0 amide bonds. The number of alkyl halides is 3. The lowest BCUT2D eigenvalue weighted by atomic mass is 10.2. The first-order chi connectivity index (χ1) is 14.3. The fraction of sp³-hybridized carbons (Fsp3) is 0.400. The fourth-order valence-electron chi connectivity index (χ4n) is 2.38. The minimum Gasteiger partial charge on any atom is -0.493 e. The van der Waals surface area contributed by atoms with E-state index >= 15 is 0 Å². The van der Waals surface area contributed by atoms with Crippen molar-refractivity contribution in [2.24, 2.45) is 4.99 Å². The number of rotatable bonds is 9. The zero-order valence-corrected chi connectivity index (χ0v) is 17.0. The molecule has 0 bridgehead atoms. The van der Waals surface area contributed by atoms with Crippen molar-refractivity contribution in [2.75, 3.05) is 32.2 Å². The van der Waals surface area contributed by atoms with Crippen LogP contribution in [0.3, 0.4) is 0 Å². The summed E-state index contributed by atoms with van der Waals surface area (Å²) >= 11 is 0. The van der Waals surface area contributed by atoms with Crippen molar-refractivity contribution in [3.05, 3.63) is 42.1 Å². The molecule has 0 unspecified atom stereocenters. The number of anilines is 1. The first kappa shape index (κ1) is 23.1. The van der Waals surface area contributed by atoms with Crippen molar-refractivity contribution in [2.45, 2.75) is 26.6 Å². The third kappa shape index (κ3) is 7.69. The van der Waals surface area contributed by atoms with E-state index in [2.05, 4.69) is 25.3 Å². The van der Waals surface area contributed by atoms with Crippen molar-refractivity contribution in [3.8, 4) is 17.4 Å². The number of hydrogen-bond acceptors (Lipinski definition) is 5. The summed E-state index contributed by atoms with van der Waals surface area (Å²) in [5.41, 5.74) is 1.48. The van der Waals surface area contributed by atoms with E-state index in [1.807, 2.05) is 26.0 Å². The van der Waals surface area contributed by atoms with E-state index in [0.29, 0.717) is 30.6 Å². The van der Waals surface area contributed by atoms with Gasteiger partial charge in [-0.05, 0) is 31.5 Å². The lowest BCUT2D eigenvalue weighted by molar-refractivity contribution is -0.154. The van der Waals surface area contributed by atoms with Crippen LogP contribution < -0.4 is 24.8 Å². The molecule has 0 atom stereocenters. The number of pyridine rings is 1. The van der Waals surface area contributed by atoms with Gasteiger partial charge in [0.05, 0.1) is 20.3 Å². The lowest BCUT2D eigenvalue weighted by Gasteiger charge is -2.14. The topological polar surface area (TPSA) is 77.0 Å². The van der Waals surface area contributed by atoms with Crippen LogP contribution in [0.1, 0.15) is 19.4 Å². The Labute approximate surface area is 173 Å². The number of guanidine groups is 1. The highest BCUT2D eigenvalue weighted by Gasteiger charge is 2.28. The molecule has 1 aromatic heterocycles. The van der Waals surface area contributed by atoms with Crippen LogP contribution in [0.25, 0.3) is 0 Å². The summed E-state index contributed by atoms with van der Waals surface area (Å²) in [5.74, 6) is 1.68. The maximum Gasteiger partial charge on any atom is 0.422 e. The average molecular weight is 426 g/mol. The molecule has 10 heteroatoms. The van der Waals surface area contributed by atoms with Crippen LogP contribution in [-0.2, 0) is 6.54 Å². The van der Waals surface area contributed by atoms with Crippen LogP contribution in [0.2, 0.25) is 0 Å². The predicted molar refractivity (Wildman–Crippen MR) is 108 cm³/mol. The van der Waals surface area contributed by atoms with Crippen LogP contribution in [-0.4, -0.2) is 44.0 Å². The van der Waals surface area contributed by atoms with E-state index in [1.54, 1.807) is 19.2 Å². The van der Waals surface area contributed by atoms with Crippen molar-refractivity contribution in [3.63, 3.8) is 0 Å². The molecule has 0 fully saturated rings. The fourth-order valence-corrected chi connectivity index (χ4v) is 2.38. The summed E-state index contributed by atoms with van der Waals surface area (Å²) in [6.45, 7) is 3.87. The molecule has 0 saturated heterocycles. The molecule has 0 aliphatic carbocycles. The zero-order chi connectivity index (χ0) is 22.0. The molecule has 1 aromatic carbocycles. The van der Waals surface area contributed by atoms with Crippen LogP contribution in [0, 0.1) is 0 Å². The van der Waals surface area contributed by atoms with Gasteiger partial charge in [0.15, 0.2) is 24.1 Å². The Kier molecular flexibility index (Phi) is 8.57. The molecular formula is C20H25F3N4O3. The van der Waals surface area contributed by atoms with E-state index in [4.69, 9.17) is 9.47 Å². The van der Waals surface area contributed by atoms with Crippen LogP contribution in [0.4, 0.5) is 18.9 Å². The van der Waals surface area contributed by atoms with Crippen LogP contribution >= 0.6 is 0 Å². The molecule has 0 aliphatic heterocycles. The largest absolute Gasteiger partial charge is 0.493 e. The highest BCUT2D eigenvalue weighted by atomic mass is 19.4. The van der Waals surface area contributed by atoms with Gasteiger partial charge in [0.1, 0.15) is 0 Å². The van der Waals surface area contributed by atoms with Gasteiger partial charge in [0.25, 0.3) is 0 Å². The third-order valence-corrected chi connectivity index (χ3v) is 3.67. The van der Waals surface area contributed by atoms with Gasteiger partial charge >= 0.3 is 6.18 Å². The average Bonchev–Trinajstić information content (AvgIpc) is 2.71. The molecule has 2 N–H and O–H groups in total. The van der Waals surface area contributed by atoms with E-state index in [1.165, 1.54) is 12.3 Å². The number of halogens is 3. The van der Waals surface area contributed by atoms with E-state index in [9.17, 15) is 13.2 Å². The maximum absolute atomic E-state index is 12.2. The van der Waals surface area contributed by atoms with Crippen molar-refractivity contribution in [1.29, 1.82) is 0 Å². The number of hydrogen-bond donors (Lipinski definition) is 2. The Morgan fingerprint density at radius 2 is 1.90 bits per heavy atom. The Morgan fingerprint density at radius 3 is 2.50 bits per heavy atom. The SMILES string of the molecule is CCNC(=NCc1ccc(OCC(F)(F)F)nc1)Nc1ccc(OC)c(OCC)c1. The van der Waals surface area contributed by atoms with Gasteiger partial charge in [0.2, 0.25) is 5.88 Å². The number of ether oxygens (including phenoxy) is 3. The van der Waals surface area contributed by atoms with Crippen LogP contribution in [0.5, 0.6) is 17.4 Å². The summed E-state index contributed by atoms with van der Waals surface area (Å²) in [6, 6.07) is 8.44. The molecule has 0 spiro atoms. The molecule has 0 saturated carbocycles. The highest BCUT2D eigenvalue weighted by Crippen LogP contribution is 2.30. The standard InChI is InChI=1S/C20H25F3N4O3/c1-4-24-19(27-15-7-8-16(28-3)17(10-15)29-5-2)26-12-14-6-9-18(25-11-14)30-13-20(21,22)23/h6-11H,4-5,12-13H2,1-3H3,(H2,24,26,27). The van der Waals surface area contributed by atoms with Crippen molar-refractivity contribution < 1.29 is 27.4 Å². The summed E-state index contributed by atoms with van der Waals surface area (Å²) in [4.78, 5) is 8.35. The van der Waals surface area contributed by atoms with Gasteiger partial charge in [-0.2, -0.15) is 13.2 Å². The number of nitrogens with one attached hydrogen (secondary N) is 2. The molecule has 7 nitrogen and oxygen atoms in total.